The molecule has 1 heterocycles. The van der Waals surface area contributed by atoms with Crippen LogP contribution in [0, 0.1) is 0 Å². The molecule has 1 aliphatic rings. The van der Waals surface area contributed by atoms with E-state index < -0.39 is 6.09 Å². The van der Waals surface area contributed by atoms with Gasteiger partial charge in [-0.2, -0.15) is 0 Å². The number of nitrogens with zero attached hydrogens (tertiary/aromatic N) is 1. The number of rotatable bonds is 0. The summed E-state index contributed by atoms with van der Waals surface area (Å²) >= 11 is 0. The maximum Gasteiger partial charge on any atom is 0.227 e. The van der Waals surface area contributed by atoms with E-state index >= 15 is 0 Å². The maximum absolute atomic E-state index is 10.5. The second kappa shape index (κ2) is 3.17. The third-order valence-corrected chi connectivity index (χ3v) is 1.29. The van der Waals surface area contributed by atoms with Gasteiger partial charge in [0.15, 0.2) is 0 Å². The van der Waals surface area contributed by atoms with Crippen LogP contribution in [0.5, 0.6) is 0 Å². The van der Waals surface area contributed by atoms with E-state index in [1.807, 2.05) is 0 Å². The molecule has 0 saturated carbocycles. The van der Waals surface area contributed by atoms with E-state index in [0.29, 0.717) is 19.4 Å². The minimum absolute atomic E-state index is 0. The van der Waals surface area contributed by atoms with Crippen molar-refractivity contribution >= 4 is 12.0 Å². The Morgan fingerprint density at radius 3 is 2.40 bits per heavy atom. The van der Waals surface area contributed by atoms with Gasteiger partial charge in [-0.05, 0) is 6.42 Å². The van der Waals surface area contributed by atoms with Crippen LogP contribution in [0.1, 0.15) is 12.8 Å². The Bertz CT molecular complexity index is 157. The molecule has 2 amide bonds. The second-order valence-electron chi connectivity index (χ2n) is 1.91. The van der Waals surface area contributed by atoms with Gasteiger partial charge >= 0.3 is 0 Å². The van der Waals surface area contributed by atoms with Crippen molar-refractivity contribution in [1.82, 2.24) is 11.1 Å². The van der Waals surface area contributed by atoms with E-state index in [1.165, 1.54) is 0 Å². The molecular formula is C5H10N2O3. The first kappa shape index (κ1) is 8.90. The van der Waals surface area contributed by atoms with Gasteiger partial charge in [0, 0.05) is 13.0 Å². The number of amides is 2. The average Bonchev–Trinajstić information content (AvgIpc) is 2.13. The third kappa shape index (κ3) is 1.44. The van der Waals surface area contributed by atoms with Crippen LogP contribution in [0.4, 0.5) is 4.79 Å². The lowest BCUT2D eigenvalue weighted by atomic mass is 10.4. The van der Waals surface area contributed by atoms with Gasteiger partial charge in [-0.25, -0.2) is 0 Å². The fraction of sp³-hybridized carbons (Fsp3) is 0.600. The average molecular weight is 146 g/mol. The van der Waals surface area contributed by atoms with Crippen LogP contribution in [0.15, 0.2) is 0 Å². The first-order chi connectivity index (χ1) is 4.22. The van der Waals surface area contributed by atoms with Crippen molar-refractivity contribution in [2.24, 2.45) is 0 Å². The van der Waals surface area contributed by atoms with E-state index in [2.05, 4.69) is 0 Å². The van der Waals surface area contributed by atoms with E-state index in [1.54, 1.807) is 0 Å². The highest BCUT2D eigenvalue weighted by Gasteiger charge is 2.20. The third-order valence-electron chi connectivity index (χ3n) is 1.29. The molecule has 4 N–H and O–H groups in total. The summed E-state index contributed by atoms with van der Waals surface area (Å²) in [6, 6.07) is 0. The lowest BCUT2D eigenvalue weighted by Gasteiger charge is -2.14. The number of carboxylic acid groups (broad SMARTS) is 1. The molecule has 1 aliphatic heterocycles. The van der Waals surface area contributed by atoms with Crippen LogP contribution in [-0.2, 0) is 4.79 Å². The van der Waals surface area contributed by atoms with Gasteiger partial charge in [-0.15, -0.1) is 0 Å². The number of hydrogen-bond donors (Lipinski definition) is 1. The Morgan fingerprint density at radius 2 is 2.20 bits per heavy atom. The number of likely N-dealkylation sites (tertiary alicyclic amines) is 1. The minimum Gasteiger partial charge on any atom is -0.530 e. The molecule has 0 aromatic rings. The first-order valence-electron chi connectivity index (χ1n) is 2.73. The summed E-state index contributed by atoms with van der Waals surface area (Å²) in [6.07, 6.45) is -0.404. The van der Waals surface area contributed by atoms with Gasteiger partial charge in [0.1, 0.15) is 6.09 Å². The zero-order chi connectivity index (χ0) is 6.85. The maximum atomic E-state index is 10.5. The first-order valence-corrected chi connectivity index (χ1v) is 2.73. The summed E-state index contributed by atoms with van der Waals surface area (Å²) in [5.74, 6) is -0.338. The second-order valence-corrected chi connectivity index (χ2v) is 1.91. The SMILES string of the molecule is O=C([O-])N1CCCC1=O.[NH4+]. The van der Waals surface area contributed by atoms with Crippen LogP contribution >= 0.6 is 0 Å². The Hall–Kier alpha value is -1.10. The molecule has 0 aromatic heterocycles. The molecule has 58 valence electrons. The molecule has 1 saturated heterocycles. The zero-order valence-corrected chi connectivity index (χ0v) is 5.79. The van der Waals surface area contributed by atoms with E-state index in [9.17, 15) is 14.7 Å². The Kier molecular flexibility index (Phi) is 2.82. The molecule has 0 unspecified atom stereocenters. The quantitative estimate of drug-likeness (QED) is 0.490. The smallest absolute Gasteiger partial charge is 0.227 e. The van der Waals surface area contributed by atoms with Gasteiger partial charge in [0.25, 0.3) is 0 Å². The number of hydrogen-bond acceptors (Lipinski definition) is 3. The number of quaternary nitrogens is 1. The predicted molar refractivity (Wildman–Crippen MR) is 32.3 cm³/mol. The molecule has 0 radical (unpaired) electrons. The highest BCUT2D eigenvalue weighted by molar-refractivity contribution is 5.91. The molecule has 1 rings (SSSR count). The molecule has 0 spiro atoms. The van der Waals surface area contributed by atoms with Crippen LogP contribution in [0.25, 0.3) is 0 Å². The summed E-state index contributed by atoms with van der Waals surface area (Å²) in [5.41, 5.74) is 0. The van der Waals surface area contributed by atoms with Crippen LogP contribution in [0.3, 0.4) is 0 Å². The standard InChI is InChI=1S/C5H7NO3.H3N/c7-4-2-1-3-6(4)5(8)9;/h1-3H2,(H,8,9);1H3. The molecule has 0 bridgehead atoms. The normalized spacial score (nSPS) is 16.8. The number of carbonyl (C=O) groups is 2. The predicted octanol–water partition coefficient (Wildman–Crippen LogP) is -0.672. The van der Waals surface area contributed by atoms with Gasteiger partial charge < -0.3 is 16.1 Å². The molecular weight excluding hydrogens is 136 g/mol. The van der Waals surface area contributed by atoms with Crippen molar-refractivity contribution in [3.8, 4) is 0 Å². The van der Waals surface area contributed by atoms with Crippen LogP contribution in [0.2, 0.25) is 0 Å². The van der Waals surface area contributed by atoms with Crippen molar-refractivity contribution in [2.45, 2.75) is 12.8 Å². The van der Waals surface area contributed by atoms with E-state index in [-0.39, 0.29) is 12.1 Å². The van der Waals surface area contributed by atoms with Crippen molar-refractivity contribution in [1.29, 1.82) is 0 Å². The summed E-state index contributed by atoms with van der Waals surface area (Å²) in [6.45, 7) is 0.307. The van der Waals surface area contributed by atoms with Crippen LogP contribution in [-0.4, -0.2) is 23.4 Å². The monoisotopic (exact) mass is 146 g/mol. The fourth-order valence-electron chi connectivity index (χ4n) is 0.841. The van der Waals surface area contributed by atoms with Crippen LogP contribution < -0.4 is 11.3 Å². The Morgan fingerprint density at radius 1 is 1.60 bits per heavy atom. The Balaban J connectivity index is 0.000000810. The summed E-state index contributed by atoms with van der Waals surface area (Å²) in [5, 5.41) is 10.0. The van der Waals surface area contributed by atoms with Crippen molar-refractivity contribution in [3.05, 3.63) is 0 Å². The van der Waals surface area contributed by atoms with E-state index in [4.69, 9.17) is 0 Å². The summed E-state index contributed by atoms with van der Waals surface area (Å²) < 4.78 is 0. The largest absolute Gasteiger partial charge is 0.530 e. The molecule has 0 aromatic carbocycles. The van der Waals surface area contributed by atoms with E-state index in [0.717, 1.165) is 4.90 Å². The van der Waals surface area contributed by atoms with Gasteiger partial charge in [0.2, 0.25) is 5.91 Å². The minimum atomic E-state index is -1.38. The van der Waals surface area contributed by atoms with Gasteiger partial charge in [0.05, 0.1) is 0 Å². The molecule has 0 atom stereocenters. The fourth-order valence-corrected chi connectivity index (χ4v) is 0.841. The van der Waals surface area contributed by atoms with Gasteiger partial charge in [-0.3, -0.25) is 9.69 Å². The molecule has 10 heavy (non-hydrogen) atoms. The number of imide groups is 1. The summed E-state index contributed by atoms with van der Waals surface area (Å²) in [7, 11) is 0. The summed E-state index contributed by atoms with van der Waals surface area (Å²) in [4.78, 5) is 21.3. The zero-order valence-electron chi connectivity index (χ0n) is 5.79. The molecule has 5 nitrogen and oxygen atoms in total. The van der Waals surface area contributed by atoms with Gasteiger partial charge in [-0.1, -0.05) is 0 Å². The van der Waals surface area contributed by atoms with Crippen molar-refractivity contribution in [3.63, 3.8) is 0 Å². The molecule has 5 heteroatoms. The highest BCUT2D eigenvalue weighted by atomic mass is 16.4. The Labute approximate surface area is 58.2 Å². The topological polar surface area (TPSA) is 96.9 Å². The molecule has 0 aliphatic carbocycles. The van der Waals surface area contributed by atoms with Crippen molar-refractivity contribution in [2.75, 3.05) is 6.54 Å². The van der Waals surface area contributed by atoms with Crippen molar-refractivity contribution < 1.29 is 14.7 Å². The lowest BCUT2D eigenvalue weighted by molar-refractivity contribution is -0.262. The number of carbonyl (C=O) groups excluding carboxylic acids is 2. The molecule has 1 fully saturated rings. The highest BCUT2D eigenvalue weighted by Crippen LogP contribution is 2.07. The lowest BCUT2D eigenvalue weighted by Crippen LogP contribution is -2.41.